The van der Waals surface area contributed by atoms with E-state index in [1.165, 1.54) is 13.8 Å². The minimum Gasteiger partial charge on any atom is -0.319 e. The van der Waals surface area contributed by atoms with Gasteiger partial charge in [-0.15, -0.1) is 0 Å². The largest absolute Gasteiger partial charge is 0.319 e. The predicted octanol–water partition coefficient (Wildman–Crippen LogP) is -0.219. The van der Waals surface area contributed by atoms with E-state index in [2.05, 4.69) is 4.89 Å². The fourth-order valence-corrected chi connectivity index (χ4v) is 0.396. The van der Waals surface area contributed by atoms with Crippen molar-refractivity contribution in [3.8, 4) is 0 Å². The first-order valence-electron chi connectivity index (χ1n) is 2.66. The number of hydrogen-bond donors (Lipinski definition) is 2. The lowest BCUT2D eigenvalue weighted by Crippen LogP contribution is -2.39. The molecule has 0 rings (SSSR count). The molecule has 0 aromatic rings. The lowest BCUT2D eigenvalue weighted by molar-refractivity contribution is -0.276. The molecule has 0 aliphatic rings. The molecule has 0 saturated heterocycles. The Labute approximate surface area is 53.5 Å². The molecule has 0 radical (unpaired) electrons. The standard InChI is InChI=1S/C5H11NO3/c1-3(7)5(6)4(2)9-8/h4-5,8H,6H2,1-2H3/t4?,5-/m1/s1. The summed E-state index contributed by atoms with van der Waals surface area (Å²) in [5.41, 5.74) is 5.24. The average molecular weight is 133 g/mol. The van der Waals surface area contributed by atoms with Gasteiger partial charge >= 0.3 is 0 Å². The van der Waals surface area contributed by atoms with Gasteiger partial charge in [-0.25, -0.2) is 4.89 Å². The Morgan fingerprint density at radius 2 is 2.22 bits per heavy atom. The maximum atomic E-state index is 10.4. The highest BCUT2D eigenvalue weighted by Gasteiger charge is 2.16. The quantitative estimate of drug-likeness (QED) is 0.412. The van der Waals surface area contributed by atoms with Crippen LogP contribution in [0.1, 0.15) is 13.8 Å². The Bertz CT molecular complexity index is 104. The fourth-order valence-electron chi connectivity index (χ4n) is 0.396. The van der Waals surface area contributed by atoms with E-state index in [-0.39, 0.29) is 5.78 Å². The van der Waals surface area contributed by atoms with Crippen molar-refractivity contribution >= 4 is 5.78 Å². The van der Waals surface area contributed by atoms with Crippen LogP contribution in [0.5, 0.6) is 0 Å². The van der Waals surface area contributed by atoms with Crippen LogP contribution in [0.4, 0.5) is 0 Å². The number of rotatable bonds is 3. The van der Waals surface area contributed by atoms with Crippen LogP contribution in [0.25, 0.3) is 0 Å². The van der Waals surface area contributed by atoms with Crippen molar-refractivity contribution in [1.29, 1.82) is 0 Å². The van der Waals surface area contributed by atoms with E-state index in [9.17, 15) is 4.79 Å². The minimum absolute atomic E-state index is 0.198. The second kappa shape index (κ2) is 3.55. The van der Waals surface area contributed by atoms with E-state index in [4.69, 9.17) is 11.0 Å². The van der Waals surface area contributed by atoms with Crippen LogP contribution in [0, 0.1) is 0 Å². The number of hydrogen-bond acceptors (Lipinski definition) is 4. The molecule has 0 aliphatic heterocycles. The van der Waals surface area contributed by atoms with Crippen LogP contribution >= 0.6 is 0 Å². The number of carbonyl (C=O) groups is 1. The van der Waals surface area contributed by atoms with Gasteiger partial charge in [-0.2, -0.15) is 0 Å². The highest BCUT2D eigenvalue weighted by molar-refractivity contribution is 5.81. The summed E-state index contributed by atoms with van der Waals surface area (Å²) in [6, 6.07) is -0.727. The van der Waals surface area contributed by atoms with Crippen LogP contribution in [-0.4, -0.2) is 23.2 Å². The van der Waals surface area contributed by atoms with Gasteiger partial charge in [0.25, 0.3) is 0 Å². The van der Waals surface area contributed by atoms with Crippen molar-refractivity contribution in [2.75, 3.05) is 0 Å². The Hall–Kier alpha value is -0.450. The summed E-state index contributed by atoms with van der Waals surface area (Å²) in [6.07, 6.45) is -0.623. The maximum Gasteiger partial charge on any atom is 0.149 e. The zero-order valence-corrected chi connectivity index (χ0v) is 5.50. The van der Waals surface area contributed by atoms with Crippen molar-refractivity contribution in [3.05, 3.63) is 0 Å². The molecule has 3 N–H and O–H groups in total. The molecular formula is C5H11NO3. The van der Waals surface area contributed by atoms with Crippen LogP contribution in [0.3, 0.4) is 0 Å². The van der Waals surface area contributed by atoms with Gasteiger partial charge in [0, 0.05) is 0 Å². The van der Waals surface area contributed by atoms with E-state index < -0.39 is 12.1 Å². The molecule has 9 heavy (non-hydrogen) atoms. The number of nitrogens with two attached hydrogens (primary N) is 1. The Morgan fingerprint density at radius 3 is 2.33 bits per heavy atom. The monoisotopic (exact) mass is 133 g/mol. The first kappa shape index (κ1) is 8.55. The smallest absolute Gasteiger partial charge is 0.149 e. The predicted molar refractivity (Wildman–Crippen MR) is 31.8 cm³/mol. The summed E-state index contributed by atoms with van der Waals surface area (Å²) in [5, 5.41) is 8.02. The highest BCUT2D eigenvalue weighted by atomic mass is 17.1. The van der Waals surface area contributed by atoms with Gasteiger partial charge in [0.1, 0.15) is 11.9 Å². The topological polar surface area (TPSA) is 72.6 Å². The van der Waals surface area contributed by atoms with E-state index in [0.29, 0.717) is 0 Å². The van der Waals surface area contributed by atoms with Gasteiger partial charge in [0.2, 0.25) is 0 Å². The molecule has 4 heteroatoms. The highest BCUT2D eigenvalue weighted by Crippen LogP contribution is 1.93. The van der Waals surface area contributed by atoms with E-state index in [1.54, 1.807) is 0 Å². The lowest BCUT2D eigenvalue weighted by atomic mass is 10.1. The van der Waals surface area contributed by atoms with Crippen LogP contribution in [0.15, 0.2) is 0 Å². The fraction of sp³-hybridized carbons (Fsp3) is 0.800. The van der Waals surface area contributed by atoms with Gasteiger partial charge in [0.05, 0.1) is 6.04 Å². The molecule has 0 spiro atoms. The zero-order chi connectivity index (χ0) is 7.44. The Morgan fingerprint density at radius 1 is 1.78 bits per heavy atom. The molecule has 0 aromatic heterocycles. The molecule has 4 nitrogen and oxygen atoms in total. The average Bonchev–Trinajstić information content (AvgIpc) is 1.84. The van der Waals surface area contributed by atoms with Crippen molar-refractivity contribution < 1.29 is 14.9 Å². The SMILES string of the molecule is CC(=O)[C@@H](N)C(C)OO. The molecule has 54 valence electrons. The number of ketones is 1. The first-order valence-corrected chi connectivity index (χ1v) is 2.66. The molecular weight excluding hydrogens is 122 g/mol. The van der Waals surface area contributed by atoms with Crippen molar-refractivity contribution in [2.45, 2.75) is 26.0 Å². The lowest BCUT2D eigenvalue weighted by Gasteiger charge is -2.12. The Balaban J connectivity index is 3.72. The summed E-state index contributed by atoms with van der Waals surface area (Å²) in [5.74, 6) is -0.198. The van der Waals surface area contributed by atoms with Crippen molar-refractivity contribution in [3.63, 3.8) is 0 Å². The van der Waals surface area contributed by atoms with E-state index in [0.717, 1.165) is 0 Å². The minimum atomic E-state index is -0.727. The summed E-state index contributed by atoms with van der Waals surface area (Å²) in [6.45, 7) is 2.87. The molecule has 0 aliphatic carbocycles. The van der Waals surface area contributed by atoms with E-state index in [1.807, 2.05) is 0 Å². The molecule has 1 unspecified atom stereocenters. The van der Waals surface area contributed by atoms with Crippen LogP contribution < -0.4 is 5.73 Å². The molecule has 0 aromatic carbocycles. The third-order valence-corrected chi connectivity index (χ3v) is 1.14. The third kappa shape index (κ3) is 2.55. The maximum absolute atomic E-state index is 10.4. The van der Waals surface area contributed by atoms with Gasteiger partial charge in [-0.05, 0) is 13.8 Å². The second-order valence-electron chi connectivity index (χ2n) is 1.95. The number of carbonyl (C=O) groups excluding carboxylic acids is 1. The summed E-state index contributed by atoms with van der Waals surface area (Å²) in [7, 11) is 0. The number of Topliss-reactive ketones (excluding diaryl/α,β-unsaturated/α-hetero) is 1. The molecule has 2 atom stereocenters. The second-order valence-corrected chi connectivity index (χ2v) is 1.95. The van der Waals surface area contributed by atoms with Gasteiger partial charge in [-0.1, -0.05) is 0 Å². The summed E-state index contributed by atoms with van der Waals surface area (Å²) in [4.78, 5) is 14.3. The van der Waals surface area contributed by atoms with Gasteiger partial charge in [-0.3, -0.25) is 10.1 Å². The normalized spacial score (nSPS) is 16.9. The third-order valence-electron chi connectivity index (χ3n) is 1.14. The van der Waals surface area contributed by atoms with Crippen molar-refractivity contribution in [2.24, 2.45) is 5.73 Å². The van der Waals surface area contributed by atoms with Gasteiger partial charge in [0.15, 0.2) is 0 Å². The van der Waals surface area contributed by atoms with Gasteiger partial charge < -0.3 is 5.73 Å². The molecule has 0 heterocycles. The summed E-state index contributed by atoms with van der Waals surface area (Å²) >= 11 is 0. The Kier molecular flexibility index (Phi) is 3.37. The van der Waals surface area contributed by atoms with Crippen LogP contribution in [-0.2, 0) is 9.68 Å². The summed E-state index contributed by atoms with van der Waals surface area (Å²) < 4.78 is 0. The van der Waals surface area contributed by atoms with Crippen molar-refractivity contribution in [1.82, 2.24) is 0 Å². The molecule has 0 fully saturated rings. The van der Waals surface area contributed by atoms with Crippen LogP contribution in [0.2, 0.25) is 0 Å². The van der Waals surface area contributed by atoms with E-state index >= 15 is 0 Å². The molecule has 0 amide bonds. The zero-order valence-electron chi connectivity index (χ0n) is 5.50. The molecule has 0 bridgehead atoms. The first-order chi connectivity index (χ1) is 4.09. The molecule has 0 saturated carbocycles.